The molecule has 0 saturated carbocycles. The molecule has 1 aromatic heterocycles. The van der Waals surface area contributed by atoms with Crippen LogP contribution in [0.3, 0.4) is 0 Å². The monoisotopic (exact) mass is 351 g/mol. The highest BCUT2D eigenvalue weighted by molar-refractivity contribution is 5.86. The van der Waals surface area contributed by atoms with Crippen LogP contribution in [0, 0.1) is 5.92 Å². The topological polar surface area (TPSA) is 80.1 Å². The molecule has 1 aromatic carbocycles. The molecule has 2 aromatic rings. The van der Waals surface area contributed by atoms with Crippen LogP contribution >= 0.6 is 12.4 Å². The Morgan fingerprint density at radius 1 is 1.38 bits per heavy atom. The van der Waals surface area contributed by atoms with Crippen LogP contribution in [0.2, 0.25) is 0 Å². The van der Waals surface area contributed by atoms with Crippen molar-refractivity contribution in [3.8, 4) is 0 Å². The van der Waals surface area contributed by atoms with Crippen molar-refractivity contribution in [2.45, 2.75) is 38.3 Å². The Balaban J connectivity index is 0.00000208. The van der Waals surface area contributed by atoms with E-state index in [2.05, 4.69) is 23.3 Å². The Kier molecular flexibility index (Phi) is 6.66. The number of carbonyl (C=O) groups is 1. The summed E-state index contributed by atoms with van der Waals surface area (Å²) in [7, 11) is 0. The Bertz CT molecular complexity index is 667. The number of benzene rings is 1. The number of H-pyrrole nitrogens is 1. The number of para-hydroxylation sites is 1. The number of aromatic amines is 1. The zero-order valence-corrected chi connectivity index (χ0v) is 14.8. The van der Waals surface area contributed by atoms with Crippen LogP contribution in [0.5, 0.6) is 0 Å². The van der Waals surface area contributed by atoms with Crippen molar-refractivity contribution in [2.75, 3.05) is 13.2 Å². The van der Waals surface area contributed by atoms with E-state index in [0.717, 1.165) is 42.5 Å². The third kappa shape index (κ3) is 4.29. The van der Waals surface area contributed by atoms with E-state index in [0.29, 0.717) is 12.3 Å². The van der Waals surface area contributed by atoms with Crippen LogP contribution in [0.4, 0.5) is 0 Å². The van der Waals surface area contributed by atoms with Gasteiger partial charge in [0.1, 0.15) is 0 Å². The lowest BCUT2D eigenvalue weighted by Crippen LogP contribution is -2.48. The average Bonchev–Trinajstić information content (AvgIpc) is 2.98. The number of nitrogens with two attached hydrogens (primary N) is 1. The Morgan fingerprint density at radius 2 is 2.08 bits per heavy atom. The number of hydrogen-bond donors (Lipinski definition) is 3. The van der Waals surface area contributed by atoms with Gasteiger partial charge in [0.25, 0.3) is 0 Å². The minimum atomic E-state index is -0.531. The van der Waals surface area contributed by atoms with E-state index in [1.807, 2.05) is 24.4 Å². The first kappa shape index (κ1) is 18.8. The predicted octanol–water partition coefficient (Wildman–Crippen LogP) is 2.39. The van der Waals surface area contributed by atoms with E-state index in [-0.39, 0.29) is 24.4 Å². The molecule has 0 radical (unpaired) electrons. The molecule has 4 N–H and O–H groups in total. The van der Waals surface area contributed by atoms with Gasteiger partial charge in [0.2, 0.25) is 5.91 Å². The summed E-state index contributed by atoms with van der Waals surface area (Å²) in [5.74, 6) is 0.405. The lowest BCUT2D eigenvalue weighted by atomic mass is 9.92. The Hall–Kier alpha value is -1.56. The van der Waals surface area contributed by atoms with Gasteiger partial charge in [-0.05, 0) is 43.7 Å². The molecule has 2 heterocycles. The number of halogens is 1. The van der Waals surface area contributed by atoms with Gasteiger partial charge in [-0.2, -0.15) is 0 Å². The Morgan fingerprint density at radius 3 is 2.83 bits per heavy atom. The standard InChI is InChI=1S/C18H25N3O2.ClH/c1-12(13-6-8-23-9-7-13)21-18(22)16(19)10-14-11-20-17-5-3-2-4-15(14)17;/h2-5,11-13,16,20H,6-10,19H2,1H3,(H,21,22);1H/t12?,16-;/m0./s1. The zero-order chi connectivity index (χ0) is 16.2. The fourth-order valence-corrected chi connectivity index (χ4v) is 3.30. The van der Waals surface area contributed by atoms with Crippen LogP contribution in [-0.4, -0.2) is 36.2 Å². The second-order valence-corrected chi connectivity index (χ2v) is 6.42. The summed E-state index contributed by atoms with van der Waals surface area (Å²) in [4.78, 5) is 15.6. The van der Waals surface area contributed by atoms with E-state index < -0.39 is 6.04 Å². The largest absolute Gasteiger partial charge is 0.381 e. The fraction of sp³-hybridized carbons (Fsp3) is 0.500. The summed E-state index contributed by atoms with van der Waals surface area (Å²) in [6.07, 6.45) is 4.48. The molecular weight excluding hydrogens is 326 g/mol. The summed E-state index contributed by atoms with van der Waals surface area (Å²) in [6, 6.07) is 7.68. The summed E-state index contributed by atoms with van der Waals surface area (Å²) < 4.78 is 5.37. The highest BCUT2D eigenvalue weighted by Gasteiger charge is 2.24. The van der Waals surface area contributed by atoms with Gasteiger partial charge >= 0.3 is 0 Å². The number of hydrogen-bond acceptors (Lipinski definition) is 3. The van der Waals surface area contributed by atoms with Crippen LogP contribution < -0.4 is 11.1 Å². The van der Waals surface area contributed by atoms with Crippen LogP contribution in [0.25, 0.3) is 10.9 Å². The van der Waals surface area contributed by atoms with Gasteiger partial charge < -0.3 is 20.8 Å². The second kappa shape index (κ2) is 8.51. The van der Waals surface area contributed by atoms with Crippen molar-refractivity contribution in [3.05, 3.63) is 36.0 Å². The highest BCUT2D eigenvalue weighted by Crippen LogP contribution is 2.20. The molecular formula is C18H26ClN3O2. The summed E-state index contributed by atoms with van der Waals surface area (Å²) in [5, 5.41) is 4.21. The van der Waals surface area contributed by atoms with E-state index >= 15 is 0 Å². The number of aromatic nitrogens is 1. The third-order valence-electron chi connectivity index (χ3n) is 4.79. The average molecular weight is 352 g/mol. The SMILES string of the molecule is CC(NC(=O)[C@@H](N)Cc1c[nH]c2ccccc12)C1CCOCC1.Cl. The molecule has 1 fully saturated rings. The maximum Gasteiger partial charge on any atom is 0.237 e. The first-order chi connectivity index (χ1) is 11.1. The number of amides is 1. The van der Waals surface area contributed by atoms with Gasteiger partial charge in [-0.15, -0.1) is 12.4 Å². The van der Waals surface area contributed by atoms with Gasteiger partial charge in [-0.3, -0.25) is 4.79 Å². The molecule has 1 amide bonds. The van der Waals surface area contributed by atoms with Crippen LogP contribution in [0.15, 0.2) is 30.5 Å². The molecule has 0 bridgehead atoms. The molecule has 1 aliphatic heterocycles. The molecule has 1 unspecified atom stereocenters. The lowest BCUT2D eigenvalue weighted by Gasteiger charge is -2.29. The van der Waals surface area contributed by atoms with E-state index in [1.54, 1.807) is 0 Å². The van der Waals surface area contributed by atoms with Gasteiger partial charge in [-0.1, -0.05) is 18.2 Å². The van der Waals surface area contributed by atoms with Crippen molar-refractivity contribution in [1.29, 1.82) is 0 Å². The second-order valence-electron chi connectivity index (χ2n) is 6.42. The van der Waals surface area contributed by atoms with E-state index in [9.17, 15) is 4.79 Å². The smallest absolute Gasteiger partial charge is 0.237 e. The third-order valence-corrected chi connectivity index (χ3v) is 4.79. The molecule has 132 valence electrons. The molecule has 0 aliphatic carbocycles. The minimum absolute atomic E-state index is 0. The van der Waals surface area contributed by atoms with Crippen molar-refractivity contribution in [2.24, 2.45) is 11.7 Å². The Labute approximate surface area is 148 Å². The summed E-state index contributed by atoms with van der Waals surface area (Å²) in [5.41, 5.74) is 8.29. The van der Waals surface area contributed by atoms with Crippen LogP contribution in [-0.2, 0) is 16.0 Å². The molecule has 0 spiro atoms. The van der Waals surface area contributed by atoms with E-state index in [1.165, 1.54) is 0 Å². The van der Waals surface area contributed by atoms with Gasteiger partial charge in [0.15, 0.2) is 0 Å². The molecule has 1 saturated heterocycles. The summed E-state index contributed by atoms with van der Waals surface area (Å²) >= 11 is 0. The number of ether oxygens (including phenoxy) is 1. The molecule has 24 heavy (non-hydrogen) atoms. The highest BCUT2D eigenvalue weighted by atomic mass is 35.5. The maximum atomic E-state index is 12.4. The first-order valence-corrected chi connectivity index (χ1v) is 8.34. The number of fused-ring (bicyclic) bond motifs is 1. The quantitative estimate of drug-likeness (QED) is 0.773. The van der Waals surface area contributed by atoms with Crippen molar-refractivity contribution < 1.29 is 9.53 Å². The minimum Gasteiger partial charge on any atom is -0.381 e. The molecule has 3 rings (SSSR count). The van der Waals surface area contributed by atoms with E-state index in [4.69, 9.17) is 10.5 Å². The molecule has 5 nitrogen and oxygen atoms in total. The maximum absolute atomic E-state index is 12.4. The molecule has 1 aliphatic rings. The number of carbonyl (C=O) groups excluding carboxylic acids is 1. The van der Waals surface area contributed by atoms with Crippen molar-refractivity contribution in [1.82, 2.24) is 10.3 Å². The molecule has 6 heteroatoms. The number of nitrogens with one attached hydrogen (secondary N) is 2. The molecule has 2 atom stereocenters. The van der Waals surface area contributed by atoms with Crippen molar-refractivity contribution >= 4 is 29.2 Å². The zero-order valence-electron chi connectivity index (χ0n) is 14.0. The van der Waals surface area contributed by atoms with Gasteiger partial charge in [-0.25, -0.2) is 0 Å². The van der Waals surface area contributed by atoms with Gasteiger partial charge in [0.05, 0.1) is 6.04 Å². The predicted molar refractivity (Wildman–Crippen MR) is 98.4 cm³/mol. The van der Waals surface area contributed by atoms with Crippen LogP contribution in [0.1, 0.15) is 25.3 Å². The number of rotatable bonds is 5. The van der Waals surface area contributed by atoms with Crippen molar-refractivity contribution in [3.63, 3.8) is 0 Å². The van der Waals surface area contributed by atoms with Gasteiger partial charge in [0, 0.05) is 36.4 Å². The normalized spacial score (nSPS) is 17.9. The lowest BCUT2D eigenvalue weighted by molar-refractivity contribution is -0.123. The summed E-state index contributed by atoms with van der Waals surface area (Å²) in [6.45, 7) is 3.63. The first-order valence-electron chi connectivity index (χ1n) is 8.34. The fourth-order valence-electron chi connectivity index (χ4n) is 3.30.